The molecular weight excluding hydrogens is 355 g/mol. The molecule has 3 nitrogen and oxygen atoms in total. The van der Waals surface area contributed by atoms with Crippen LogP contribution in [-0.4, -0.2) is 17.7 Å². The second-order valence-electron chi connectivity index (χ2n) is 4.83. The highest BCUT2D eigenvalue weighted by molar-refractivity contribution is 14.1. The lowest BCUT2D eigenvalue weighted by atomic mass is 9.93. The van der Waals surface area contributed by atoms with Crippen LogP contribution in [0.25, 0.3) is 5.57 Å². The van der Waals surface area contributed by atoms with Gasteiger partial charge in [-0.25, -0.2) is 4.79 Å². The summed E-state index contributed by atoms with van der Waals surface area (Å²) in [6.45, 7) is 4.34. The van der Waals surface area contributed by atoms with E-state index >= 15 is 0 Å². The van der Waals surface area contributed by atoms with E-state index in [1.54, 1.807) is 0 Å². The van der Waals surface area contributed by atoms with Gasteiger partial charge in [0, 0.05) is 9.99 Å². The van der Waals surface area contributed by atoms with E-state index in [4.69, 9.17) is 4.74 Å². The van der Waals surface area contributed by atoms with Gasteiger partial charge in [-0.3, -0.25) is 0 Å². The standard InChI is InChI=1S/C15H17IO3/c1-9-7-11(16)8-10(2)13(9)14-12(17)5-3-4-6-19-15(14)18/h7-8,17H,3-6H2,1-2H3/b14-12+. The van der Waals surface area contributed by atoms with Gasteiger partial charge in [0.2, 0.25) is 0 Å². The number of ether oxygens (including phenoxy) is 1. The van der Waals surface area contributed by atoms with Crippen LogP contribution in [0.5, 0.6) is 0 Å². The summed E-state index contributed by atoms with van der Waals surface area (Å²) in [6.07, 6.45) is 2.17. The molecule has 1 aliphatic heterocycles. The van der Waals surface area contributed by atoms with E-state index in [-0.39, 0.29) is 5.76 Å². The number of allylic oxidation sites excluding steroid dienone is 1. The molecule has 0 unspecified atom stereocenters. The Morgan fingerprint density at radius 3 is 2.47 bits per heavy atom. The monoisotopic (exact) mass is 372 g/mol. The number of rotatable bonds is 1. The third kappa shape index (κ3) is 3.11. The molecule has 2 rings (SSSR count). The van der Waals surface area contributed by atoms with E-state index in [9.17, 15) is 9.90 Å². The summed E-state index contributed by atoms with van der Waals surface area (Å²) in [5.41, 5.74) is 3.13. The first-order valence-corrected chi connectivity index (χ1v) is 7.45. The Hall–Kier alpha value is -1.04. The average molecular weight is 372 g/mol. The van der Waals surface area contributed by atoms with Crippen molar-refractivity contribution in [3.63, 3.8) is 0 Å². The highest BCUT2D eigenvalue weighted by atomic mass is 127. The highest BCUT2D eigenvalue weighted by Gasteiger charge is 2.24. The number of benzene rings is 1. The van der Waals surface area contributed by atoms with Crippen LogP contribution < -0.4 is 0 Å². The SMILES string of the molecule is Cc1cc(I)cc(C)c1/C1=C(\O)CCCCOC1=O. The van der Waals surface area contributed by atoms with Crippen LogP contribution in [-0.2, 0) is 9.53 Å². The molecular formula is C15H17IO3. The number of aliphatic hydroxyl groups is 1. The first kappa shape index (κ1) is 14.4. The summed E-state index contributed by atoms with van der Waals surface area (Å²) in [4.78, 5) is 12.1. The Morgan fingerprint density at radius 1 is 1.21 bits per heavy atom. The van der Waals surface area contributed by atoms with E-state index in [2.05, 4.69) is 22.6 Å². The molecule has 1 aromatic rings. The molecule has 0 fully saturated rings. The van der Waals surface area contributed by atoms with E-state index < -0.39 is 5.97 Å². The maximum Gasteiger partial charge on any atom is 0.342 e. The van der Waals surface area contributed by atoms with Crippen molar-refractivity contribution in [2.45, 2.75) is 33.1 Å². The molecule has 0 aromatic heterocycles. The number of halogens is 1. The van der Waals surface area contributed by atoms with Crippen molar-refractivity contribution in [2.24, 2.45) is 0 Å². The lowest BCUT2D eigenvalue weighted by molar-refractivity contribution is -0.137. The maximum atomic E-state index is 12.1. The second kappa shape index (κ2) is 5.94. The Bertz CT molecular complexity index is 523. The molecule has 1 aromatic carbocycles. The number of carbonyl (C=O) groups is 1. The van der Waals surface area contributed by atoms with Crippen LogP contribution in [0.2, 0.25) is 0 Å². The summed E-state index contributed by atoms with van der Waals surface area (Å²) in [6, 6.07) is 4.02. The minimum Gasteiger partial charge on any atom is -0.511 e. The third-order valence-electron chi connectivity index (χ3n) is 3.28. The lowest BCUT2D eigenvalue weighted by Gasteiger charge is -2.18. The number of hydrogen-bond donors (Lipinski definition) is 1. The van der Waals surface area contributed by atoms with Crippen molar-refractivity contribution < 1.29 is 14.6 Å². The van der Waals surface area contributed by atoms with E-state index in [1.807, 2.05) is 26.0 Å². The summed E-state index contributed by atoms with van der Waals surface area (Å²) in [5.74, 6) is -0.262. The lowest BCUT2D eigenvalue weighted by Crippen LogP contribution is -2.15. The van der Waals surface area contributed by atoms with Gasteiger partial charge in [0.05, 0.1) is 6.61 Å². The Morgan fingerprint density at radius 2 is 1.84 bits per heavy atom. The number of cyclic esters (lactones) is 1. The normalized spacial score (nSPS) is 20.7. The number of carbonyl (C=O) groups excluding carboxylic acids is 1. The molecule has 1 aliphatic rings. The summed E-state index contributed by atoms with van der Waals surface area (Å²) < 4.78 is 6.32. The van der Waals surface area contributed by atoms with Gasteiger partial charge < -0.3 is 9.84 Å². The van der Waals surface area contributed by atoms with Crippen molar-refractivity contribution in [1.82, 2.24) is 0 Å². The molecule has 1 heterocycles. The molecule has 1 N–H and O–H groups in total. The van der Waals surface area contributed by atoms with Crippen molar-refractivity contribution in [3.8, 4) is 0 Å². The fourth-order valence-electron chi connectivity index (χ4n) is 2.43. The molecule has 0 bridgehead atoms. The number of aliphatic hydroxyl groups excluding tert-OH is 1. The fourth-order valence-corrected chi connectivity index (χ4v) is 3.36. The zero-order valence-electron chi connectivity index (χ0n) is 11.1. The number of esters is 1. The fraction of sp³-hybridized carbons (Fsp3) is 0.400. The number of aryl methyl sites for hydroxylation is 2. The van der Waals surface area contributed by atoms with E-state index in [1.165, 1.54) is 0 Å². The van der Waals surface area contributed by atoms with Crippen molar-refractivity contribution in [3.05, 3.63) is 38.2 Å². The number of hydrogen-bond acceptors (Lipinski definition) is 3. The summed E-state index contributed by atoms with van der Waals surface area (Å²) >= 11 is 2.25. The molecule has 102 valence electrons. The predicted molar refractivity (Wildman–Crippen MR) is 83.0 cm³/mol. The van der Waals surface area contributed by atoms with E-state index in [0.717, 1.165) is 33.1 Å². The Labute approximate surface area is 126 Å². The van der Waals surface area contributed by atoms with Gasteiger partial charge in [0.25, 0.3) is 0 Å². The predicted octanol–water partition coefficient (Wildman–Crippen LogP) is 3.90. The third-order valence-corrected chi connectivity index (χ3v) is 3.90. The largest absolute Gasteiger partial charge is 0.511 e. The average Bonchev–Trinajstić information content (AvgIpc) is 2.30. The van der Waals surface area contributed by atoms with Crippen LogP contribution in [0.1, 0.15) is 36.0 Å². The van der Waals surface area contributed by atoms with Gasteiger partial charge >= 0.3 is 5.97 Å². The topological polar surface area (TPSA) is 46.5 Å². The molecule has 19 heavy (non-hydrogen) atoms. The van der Waals surface area contributed by atoms with Crippen molar-refractivity contribution in [2.75, 3.05) is 6.61 Å². The zero-order valence-corrected chi connectivity index (χ0v) is 13.3. The summed E-state index contributed by atoms with van der Waals surface area (Å²) in [7, 11) is 0. The zero-order chi connectivity index (χ0) is 14.0. The van der Waals surface area contributed by atoms with Crippen LogP contribution in [0.15, 0.2) is 17.9 Å². The minimum atomic E-state index is -0.412. The van der Waals surface area contributed by atoms with Crippen LogP contribution in [0.3, 0.4) is 0 Å². The minimum absolute atomic E-state index is 0.150. The van der Waals surface area contributed by atoms with Gasteiger partial charge in [-0.15, -0.1) is 0 Å². The van der Waals surface area contributed by atoms with Crippen molar-refractivity contribution in [1.29, 1.82) is 0 Å². The first-order valence-electron chi connectivity index (χ1n) is 6.37. The van der Waals surface area contributed by atoms with Crippen molar-refractivity contribution >= 4 is 34.1 Å². The smallest absolute Gasteiger partial charge is 0.342 e. The summed E-state index contributed by atoms with van der Waals surface area (Å²) in [5, 5.41) is 10.2. The molecule has 0 saturated carbocycles. The van der Waals surface area contributed by atoms with Crippen LogP contribution >= 0.6 is 22.6 Å². The van der Waals surface area contributed by atoms with Gasteiger partial charge in [0.1, 0.15) is 11.3 Å². The Balaban J connectivity index is 2.59. The molecule has 0 spiro atoms. The molecule has 0 amide bonds. The molecule has 0 atom stereocenters. The first-order chi connectivity index (χ1) is 9.00. The molecule has 0 aliphatic carbocycles. The van der Waals surface area contributed by atoms with Gasteiger partial charge in [-0.05, 0) is 78.1 Å². The molecule has 0 saturated heterocycles. The highest BCUT2D eigenvalue weighted by Crippen LogP contribution is 2.30. The molecule has 0 radical (unpaired) electrons. The van der Waals surface area contributed by atoms with Crippen LogP contribution in [0.4, 0.5) is 0 Å². The molecule has 4 heteroatoms. The van der Waals surface area contributed by atoms with E-state index in [0.29, 0.717) is 18.6 Å². The van der Waals surface area contributed by atoms with Gasteiger partial charge in [-0.1, -0.05) is 0 Å². The van der Waals surface area contributed by atoms with Gasteiger partial charge in [0.15, 0.2) is 0 Å². The Kier molecular flexibility index (Phi) is 4.50. The van der Waals surface area contributed by atoms with Gasteiger partial charge in [-0.2, -0.15) is 0 Å². The quantitative estimate of drug-likeness (QED) is 0.601. The maximum absolute atomic E-state index is 12.1. The van der Waals surface area contributed by atoms with Crippen LogP contribution in [0, 0.1) is 17.4 Å². The second-order valence-corrected chi connectivity index (χ2v) is 6.07.